The van der Waals surface area contributed by atoms with Gasteiger partial charge in [0.05, 0.1) is 11.4 Å². The molecule has 0 saturated heterocycles. The van der Waals surface area contributed by atoms with Crippen LogP contribution < -0.4 is 5.32 Å². The zero-order chi connectivity index (χ0) is 19.2. The fourth-order valence-electron chi connectivity index (χ4n) is 3.19. The van der Waals surface area contributed by atoms with E-state index in [1.54, 1.807) is 0 Å². The van der Waals surface area contributed by atoms with E-state index in [4.69, 9.17) is 0 Å². The van der Waals surface area contributed by atoms with E-state index in [2.05, 4.69) is 27.6 Å². The van der Waals surface area contributed by atoms with E-state index in [-0.39, 0.29) is 5.91 Å². The Morgan fingerprint density at radius 2 is 1.54 bits per heavy atom. The third-order valence-electron chi connectivity index (χ3n) is 4.65. The minimum absolute atomic E-state index is 0.0872. The van der Waals surface area contributed by atoms with Crippen molar-refractivity contribution in [1.29, 1.82) is 0 Å². The molecule has 0 aliphatic rings. The first-order valence-electron chi connectivity index (χ1n) is 9.33. The van der Waals surface area contributed by atoms with Crippen molar-refractivity contribution in [3.63, 3.8) is 0 Å². The highest BCUT2D eigenvalue weighted by molar-refractivity contribution is 6.00. The summed E-state index contributed by atoms with van der Waals surface area (Å²) in [6, 6.07) is 29.7. The molecule has 4 nitrogen and oxygen atoms in total. The molecule has 2 N–H and O–H groups in total. The summed E-state index contributed by atoms with van der Waals surface area (Å²) in [5, 5.41) is 10.5. The molecule has 0 saturated carbocycles. The summed E-state index contributed by atoms with van der Waals surface area (Å²) in [5.41, 5.74) is 5.39. The van der Waals surface area contributed by atoms with Crippen molar-refractivity contribution in [3.05, 3.63) is 102 Å². The van der Waals surface area contributed by atoms with Crippen molar-refractivity contribution in [3.8, 4) is 22.5 Å². The van der Waals surface area contributed by atoms with Crippen molar-refractivity contribution in [1.82, 2.24) is 15.5 Å². The molecule has 0 aliphatic heterocycles. The number of aromatic amines is 1. The number of rotatable bonds is 6. The van der Waals surface area contributed by atoms with Crippen molar-refractivity contribution in [2.45, 2.75) is 6.42 Å². The van der Waals surface area contributed by atoms with E-state index in [0.717, 1.165) is 28.9 Å². The second-order valence-electron chi connectivity index (χ2n) is 6.57. The van der Waals surface area contributed by atoms with Crippen LogP contribution in [0.1, 0.15) is 15.9 Å². The monoisotopic (exact) mass is 367 g/mol. The molecule has 4 aromatic rings. The Morgan fingerprint density at radius 1 is 0.857 bits per heavy atom. The van der Waals surface area contributed by atoms with Gasteiger partial charge in [0.15, 0.2) is 0 Å². The predicted octanol–water partition coefficient (Wildman–Crippen LogP) is 4.72. The van der Waals surface area contributed by atoms with Crippen LogP contribution in [0.3, 0.4) is 0 Å². The Labute approximate surface area is 164 Å². The molecule has 0 radical (unpaired) electrons. The van der Waals surface area contributed by atoms with E-state index < -0.39 is 0 Å². The largest absolute Gasteiger partial charge is 0.352 e. The van der Waals surface area contributed by atoms with Gasteiger partial charge in [-0.3, -0.25) is 9.89 Å². The SMILES string of the molecule is O=C(NCCc1ccccc1)c1ccccc1-c1cc(-c2ccccc2)[nH]n1. The smallest absolute Gasteiger partial charge is 0.251 e. The summed E-state index contributed by atoms with van der Waals surface area (Å²) in [5.74, 6) is -0.0872. The quantitative estimate of drug-likeness (QED) is 0.518. The van der Waals surface area contributed by atoms with Gasteiger partial charge >= 0.3 is 0 Å². The normalized spacial score (nSPS) is 10.6. The molecule has 0 bridgehead atoms. The van der Waals surface area contributed by atoms with Gasteiger partial charge in [-0.15, -0.1) is 0 Å². The number of amides is 1. The van der Waals surface area contributed by atoms with E-state index in [1.807, 2.05) is 78.9 Å². The molecule has 0 atom stereocenters. The topological polar surface area (TPSA) is 57.8 Å². The van der Waals surface area contributed by atoms with Crippen LogP contribution in [-0.2, 0) is 6.42 Å². The second-order valence-corrected chi connectivity index (χ2v) is 6.57. The molecule has 0 spiro atoms. The zero-order valence-electron chi connectivity index (χ0n) is 15.4. The van der Waals surface area contributed by atoms with Crippen LogP contribution in [0, 0.1) is 0 Å². The molecule has 0 fully saturated rings. The molecule has 0 aliphatic carbocycles. The third-order valence-corrected chi connectivity index (χ3v) is 4.65. The highest BCUT2D eigenvalue weighted by atomic mass is 16.1. The van der Waals surface area contributed by atoms with Crippen LogP contribution in [0.15, 0.2) is 91.0 Å². The standard InChI is InChI=1S/C24H21N3O/c28-24(25-16-15-18-9-3-1-4-10-18)21-14-8-7-13-20(21)23-17-22(26-27-23)19-11-5-2-6-12-19/h1-14,17H,15-16H2,(H,25,28)(H,26,27). The van der Waals surface area contributed by atoms with Gasteiger partial charge in [-0.2, -0.15) is 5.10 Å². The Balaban J connectivity index is 1.51. The number of hydrogen-bond acceptors (Lipinski definition) is 2. The van der Waals surface area contributed by atoms with E-state index >= 15 is 0 Å². The van der Waals surface area contributed by atoms with Crippen molar-refractivity contribution >= 4 is 5.91 Å². The molecular weight excluding hydrogens is 346 g/mol. The molecular formula is C24H21N3O. The molecule has 28 heavy (non-hydrogen) atoms. The van der Waals surface area contributed by atoms with Gasteiger partial charge < -0.3 is 5.32 Å². The summed E-state index contributed by atoms with van der Waals surface area (Å²) < 4.78 is 0. The average Bonchev–Trinajstić information content (AvgIpc) is 3.25. The minimum Gasteiger partial charge on any atom is -0.352 e. The maximum atomic E-state index is 12.8. The van der Waals surface area contributed by atoms with Crippen LogP contribution in [0.25, 0.3) is 22.5 Å². The highest BCUT2D eigenvalue weighted by Gasteiger charge is 2.14. The Bertz CT molecular complexity index is 1060. The Hall–Kier alpha value is -3.66. The van der Waals surface area contributed by atoms with Crippen LogP contribution in [0.5, 0.6) is 0 Å². The summed E-state index contributed by atoms with van der Waals surface area (Å²) in [4.78, 5) is 12.8. The number of hydrogen-bond donors (Lipinski definition) is 2. The third kappa shape index (κ3) is 4.01. The van der Waals surface area contributed by atoms with E-state index in [1.165, 1.54) is 5.56 Å². The Morgan fingerprint density at radius 3 is 2.32 bits per heavy atom. The number of carbonyl (C=O) groups excluding carboxylic acids is 1. The van der Waals surface area contributed by atoms with Gasteiger partial charge in [-0.1, -0.05) is 78.9 Å². The lowest BCUT2D eigenvalue weighted by Crippen LogP contribution is -2.26. The fourth-order valence-corrected chi connectivity index (χ4v) is 3.19. The first-order chi connectivity index (χ1) is 13.8. The molecule has 1 amide bonds. The van der Waals surface area contributed by atoms with Crippen molar-refractivity contribution in [2.24, 2.45) is 0 Å². The molecule has 1 heterocycles. The van der Waals surface area contributed by atoms with Gasteiger partial charge in [0, 0.05) is 17.7 Å². The maximum Gasteiger partial charge on any atom is 0.251 e. The zero-order valence-corrected chi connectivity index (χ0v) is 15.4. The van der Waals surface area contributed by atoms with E-state index in [0.29, 0.717) is 12.1 Å². The summed E-state index contributed by atoms with van der Waals surface area (Å²) in [7, 11) is 0. The van der Waals surface area contributed by atoms with Crippen LogP contribution >= 0.6 is 0 Å². The summed E-state index contributed by atoms with van der Waals surface area (Å²) in [6.07, 6.45) is 0.801. The van der Waals surface area contributed by atoms with Crippen LogP contribution in [0.4, 0.5) is 0 Å². The number of benzene rings is 3. The first-order valence-corrected chi connectivity index (χ1v) is 9.33. The van der Waals surface area contributed by atoms with Gasteiger partial charge in [-0.25, -0.2) is 0 Å². The van der Waals surface area contributed by atoms with Crippen molar-refractivity contribution < 1.29 is 4.79 Å². The van der Waals surface area contributed by atoms with Crippen LogP contribution in [-0.4, -0.2) is 22.6 Å². The lowest BCUT2D eigenvalue weighted by atomic mass is 10.0. The predicted molar refractivity (Wildman–Crippen MR) is 112 cm³/mol. The van der Waals surface area contributed by atoms with Crippen LogP contribution in [0.2, 0.25) is 0 Å². The number of aromatic nitrogens is 2. The number of carbonyl (C=O) groups is 1. The lowest BCUT2D eigenvalue weighted by molar-refractivity contribution is 0.0955. The molecule has 4 rings (SSSR count). The lowest BCUT2D eigenvalue weighted by Gasteiger charge is -2.09. The number of nitrogens with zero attached hydrogens (tertiary/aromatic N) is 1. The average molecular weight is 367 g/mol. The molecule has 1 aromatic heterocycles. The summed E-state index contributed by atoms with van der Waals surface area (Å²) >= 11 is 0. The number of H-pyrrole nitrogens is 1. The second kappa shape index (κ2) is 8.35. The molecule has 3 aromatic carbocycles. The molecule has 0 unspecified atom stereocenters. The molecule has 4 heteroatoms. The molecule has 138 valence electrons. The van der Waals surface area contributed by atoms with Gasteiger partial charge in [0.25, 0.3) is 5.91 Å². The van der Waals surface area contributed by atoms with E-state index in [9.17, 15) is 4.79 Å². The number of nitrogens with one attached hydrogen (secondary N) is 2. The minimum atomic E-state index is -0.0872. The maximum absolute atomic E-state index is 12.8. The van der Waals surface area contributed by atoms with Gasteiger partial charge in [-0.05, 0) is 29.7 Å². The van der Waals surface area contributed by atoms with Gasteiger partial charge in [0.2, 0.25) is 0 Å². The highest BCUT2D eigenvalue weighted by Crippen LogP contribution is 2.26. The Kier molecular flexibility index (Phi) is 5.29. The fraction of sp³-hybridized carbons (Fsp3) is 0.0833. The summed E-state index contributed by atoms with van der Waals surface area (Å²) in [6.45, 7) is 0.590. The first kappa shape index (κ1) is 17.7. The van der Waals surface area contributed by atoms with Crippen molar-refractivity contribution in [2.75, 3.05) is 6.54 Å². The van der Waals surface area contributed by atoms with Gasteiger partial charge in [0.1, 0.15) is 0 Å².